The summed E-state index contributed by atoms with van der Waals surface area (Å²) in [6.45, 7) is 2.27. The van der Waals surface area contributed by atoms with E-state index in [1.807, 2.05) is 4.72 Å². The molecule has 6 nitrogen and oxygen atoms in total. The molecule has 2 amide bonds. The minimum absolute atomic E-state index is 0.0432. The van der Waals surface area contributed by atoms with E-state index in [4.69, 9.17) is 0 Å². The van der Waals surface area contributed by atoms with Gasteiger partial charge in [-0.1, -0.05) is 25.1 Å². The second kappa shape index (κ2) is 5.47. The molecule has 0 aromatic heterocycles. The summed E-state index contributed by atoms with van der Waals surface area (Å²) in [6, 6.07) is 6.85. The number of sulfonamides is 1. The van der Waals surface area contributed by atoms with Crippen molar-refractivity contribution in [2.45, 2.75) is 11.8 Å². The molecule has 0 aliphatic rings. The third kappa shape index (κ3) is 3.52. The monoisotopic (exact) mass is 243 g/mol. The van der Waals surface area contributed by atoms with E-state index in [1.165, 1.54) is 12.1 Å². The van der Waals surface area contributed by atoms with Crippen molar-refractivity contribution in [2.24, 2.45) is 0 Å². The van der Waals surface area contributed by atoms with Gasteiger partial charge in [0.2, 0.25) is 0 Å². The zero-order valence-corrected chi connectivity index (χ0v) is 9.54. The van der Waals surface area contributed by atoms with Crippen LogP contribution in [0, 0.1) is 0 Å². The van der Waals surface area contributed by atoms with Crippen LogP contribution in [-0.2, 0) is 10.0 Å². The SMILES string of the molecule is CCNNC(=O)NS(=O)(=O)c1ccccc1. The molecule has 0 unspecified atom stereocenters. The van der Waals surface area contributed by atoms with Crippen molar-refractivity contribution in [2.75, 3.05) is 6.54 Å². The lowest BCUT2D eigenvalue weighted by molar-refractivity contribution is 0.242. The second-order valence-corrected chi connectivity index (χ2v) is 4.59. The van der Waals surface area contributed by atoms with E-state index in [0.29, 0.717) is 6.54 Å². The zero-order chi connectivity index (χ0) is 12.0. The first-order valence-corrected chi connectivity index (χ1v) is 6.15. The normalized spacial score (nSPS) is 10.8. The Balaban J connectivity index is 2.70. The number of hydrazine groups is 1. The van der Waals surface area contributed by atoms with Gasteiger partial charge in [-0.25, -0.2) is 23.4 Å². The van der Waals surface area contributed by atoms with Gasteiger partial charge in [0.05, 0.1) is 4.90 Å². The van der Waals surface area contributed by atoms with E-state index in [9.17, 15) is 13.2 Å². The fourth-order valence-electron chi connectivity index (χ4n) is 0.975. The Labute approximate surface area is 94.1 Å². The maximum Gasteiger partial charge on any atom is 0.343 e. The van der Waals surface area contributed by atoms with Gasteiger partial charge in [0.25, 0.3) is 10.0 Å². The molecule has 1 aromatic rings. The van der Waals surface area contributed by atoms with Crippen LogP contribution in [0.5, 0.6) is 0 Å². The van der Waals surface area contributed by atoms with Gasteiger partial charge in [-0.15, -0.1) is 0 Å². The number of carbonyl (C=O) groups is 1. The smallest absolute Gasteiger partial charge is 0.272 e. The minimum Gasteiger partial charge on any atom is -0.272 e. The number of benzene rings is 1. The molecule has 0 bridgehead atoms. The van der Waals surface area contributed by atoms with Gasteiger partial charge in [-0.2, -0.15) is 0 Å². The summed E-state index contributed by atoms with van der Waals surface area (Å²) in [7, 11) is -3.79. The molecule has 1 rings (SSSR count). The molecule has 0 saturated heterocycles. The zero-order valence-electron chi connectivity index (χ0n) is 8.73. The van der Waals surface area contributed by atoms with Crippen LogP contribution in [0.1, 0.15) is 6.92 Å². The van der Waals surface area contributed by atoms with Gasteiger partial charge in [0.1, 0.15) is 0 Å². The highest BCUT2D eigenvalue weighted by Gasteiger charge is 2.16. The number of carbonyl (C=O) groups excluding carboxylic acids is 1. The molecule has 0 heterocycles. The second-order valence-electron chi connectivity index (χ2n) is 2.90. The van der Waals surface area contributed by atoms with Crippen LogP contribution in [0.2, 0.25) is 0 Å². The first-order valence-electron chi connectivity index (χ1n) is 4.67. The van der Waals surface area contributed by atoms with Crippen molar-refractivity contribution in [1.29, 1.82) is 0 Å². The molecule has 0 atom stereocenters. The number of amides is 2. The van der Waals surface area contributed by atoms with Crippen LogP contribution < -0.4 is 15.6 Å². The molecule has 7 heteroatoms. The first-order chi connectivity index (χ1) is 7.56. The molecule has 3 N–H and O–H groups in total. The van der Waals surface area contributed by atoms with E-state index in [-0.39, 0.29) is 4.90 Å². The maximum atomic E-state index is 11.6. The summed E-state index contributed by atoms with van der Waals surface area (Å²) >= 11 is 0. The molecule has 0 fully saturated rings. The largest absolute Gasteiger partial charge is 0.343 e. The average Bonchev–Trinajstić information content (AvgIpc) is 2.27. The number of nitrogens with one attached hydrogen (secondary N) is 3. The molecule has 1 aromatic carbocycles. The molecule has 0 aliphatic carbocycles. The Morgan fingerprint density at radius 1 is 1.25 bits per heavy atom. The highest BCUT2D eigenvalue weighted by Crippen LogP contribution is 2.06. The quantitative estimate of drug-likeness (QED) is 0.659. The van der Waals surface area contributed by atoms with Gasteiger partial charge in [-0.3, -0.25) is 5.43 Å². The molecule has 16 heavy (non-hydrogen) atoms. The summed E-state index contributed by atoms with van der Waals surface area (Å²) in [4.78, 5) is 11.2. The predicted octanol–water partition coefficient (Wildman–Crippen LogP) is 0.199. The molecule has 0 radical (unpaired) electrons. The Bertz CT molecular complexity index is 444. The number of rotatable bonds is 4. The lowest BCUT2D eigenvalue weighted by atomic mass is 10.4. The van der Waals surface area contributed by atoms with Crippen molar-refractivity contribution >= 4 is 16.1 Å². The van der Waals surface area contributed by atoms with E-state index in [1.54, 1.807) is 25.1 Å². The maximum absolute atomic E-state index is 11.6. The Morgan fingerprint density at radius 3 is 2.44 bits per heavy atom. The average molecular weight is 243 g/mol. The topological polar surface area (TPSA) is 87.3 Å². The Kier molecular flexibility index (Phi) is 4.27. The molecule has 0 spiro atoms. The van der Waals surface area contributed by atoms with Gasteiger partial charge in [0.15, 0.2) is 0 Å². The van der Waals surface area contributed by atoms with Crippen molar-refractivity contribution in [3.8, 4) is 0 Å². The van der Waals surface area contributed by atoms with E-state index in [0.717, 1.165) is 0 Å². The van der Waals surface area contributed by atoms with Crippen molar-refractivity contribution < 1.29 is 13.2 Å². The van der Waals surface area contributed by atoms with Crippen molar-refractivity contribution in [3.63, 3.8) is 0 Å². The van der Waals surface area contributed by atoms with E-state index < -0.39 is 16.1 Å². The number of urea groups is 1. The minimum atomic E-state index is -3.79. The van der Waals surface area contributed by atoms with Crippen LogP contribution in [0.25, 0.3) is 0 Å². The lowest BCUT2D eigenvalue weighted by Gasteiger charge is -2.08. The highest BCUT2D eigenvalue weighted by molar-refractivity contribution is 7.90. The van der Waals surface area contributed by atoms with Crippen LogP contribution >= 0.6 is 0 Å². The third-order valence-electron chi connectivity index (χ3n) is 1.66. The summed E-state index contributed by atoms with van der Waals surface area (Å²) in [5, 5.41) is 0. The Morgan fingerprint density at radius 2 is 1.88 bits per heavy atom. The molecule has 0 saturated carbocycles. The third-order valence-corrected chi connectivity index (χ3v) is 3.01. The van der Waals surface area contributed by atoms with Gasteiger partial charge in [-0.05, 0) is 12.1 Å². The molecule has 0 aliphatic heterocycles. The fraction of sp³-hybridized carbons (Fsp3) is 0.222. The van der Waals surface area contributed by atoms with Crippen molar-refractivity contribution in [3.05, 3.63) is 30.3 Å². The fourth-order valence-corrected chi connectivity index (χ4v) is 1.90. The van der Waals surface area contributed by atoms with Crippen LogP contribution in [0.3, 0.4) is 0 Å². The number of hydrogen-bond acceptors (Lipinski definition) is 4. The van der Waals surface area contributed by atoms with Crippen LogP contribution in [0.4, 0.5) is 4.79 Å². The van der Waals surface area contributed by atoms with Crippen LogP contribution in [-0.4, -0.2) is 21.0 Å². The molecular formula is C9H13N3O3S. The highest BCUT2D eigenvalue weighted by atomic mass is 32.2. The molecule has 88 valence electrons. The van der Waals surface area contributed by atoms with Crippen molar-refractivity contribution in [1.82, 2.24) is 15.6 Å². The van der Waals surface area contributed by atoms with Gasteiger partial charge < -0.3 is 0 Å². The van der Waals surface area contributed by atoms with Crippen LogP contribution in [0.15, 0.2) is 35.2 Å². The van der Waals surface area contributed by atoms with Gasteiger partial charge in [0, 0.05) is 6.54 Å². The first kappa shape index (κ1) is 12.5. The number of hydrogen-bond donors (Lipinski definition) is 3. The van der Waals surface area contributed by atoms with Gasteiger partial charge >= 0.3 is 6.03 Å². The predicted molar refractivity (Wildman–Crippen MR) is 59.0 cm³/mol. The summed E-state index contributed by atoms with van der Waals surface area (Å²) in [5.74, 6) is 0. The standard InChI is InChI=1S/C9H13N3O3S/c1-2-10-11-9(13)12-16(14,15)8-6-4-3-5-7-8/h3-7,10H,2H2,1H3,(H2,11,12,13). The summed E-state index contributed by atoms with van der Waals surface area (Å²) in [6.07, 6.45) is 0. The molecular weight excluding hydrogens is 230 g/mol. The van der Waals surface area contributed by atoms with E-state index in [2.05, 4.69) is 10.9 Å². The summed E-state index contributed by atoms with van der Waals surface area (Å²) in [5.41, 5.74) is 4.67. The lowest BCUT2D eigenvalue weighted by Crippen LogP contribution is -2.46. The summed E-state index contributed by atoms with van der Waals surface area (Å²) < 4.78 is 25.1. The van der Waals surface area contributed by atoms with E-state index >= 15 is 0 Å². The Hall–Kier alpha value is -1.60.